The standard InChI is InChI=1S/C17H21N7OS/c1-11-12(2)26-15(22-11)10-21-17(18-3)20-9-7-14-23-16(25-24-14)13-6-4-5-8-19-13/h4-6,8H,7,9-10H2,1-3H3,(H2,18,20,21). The van der Waals surface area contributed by atoms with E-state index < -0.39 is 0 Å². The number of aliphatic imine (C=N–C) groups is 1. The van der Waals surface area contributed by atoms with E-state index in [1.807, 2.05) is 25.1 Å². The van der Waals surface area contributed by atoms with Gasteiger partial charge in [-0.3, -0.25) is 9.98 Å². The molecule has 0 aliphatic heterocycles. The summed E-state index contributed by atoms with van der Waals surface area (Å²) in [4.78, 5) is 18.5. The minimum absolute atomic E-state index is 0.428. The Bertz CT molecular complexity index is 853. The fourth-order valence-corrected chi connectivity index (χ4v) is 3.11. The number of aryl methyl sites for hydroxylation is 2. The maximum absolute atomic E-state index is 5.25. The molecule has 0 saturated heterocycles. The van der Waals surface area contributed by atoms with Gasteiger partial charge in [-0.15, -0.1) is 11.3 Å². The third-order valence-electron chi connectivity index (χ3n) is 3.70. The normalized spacial score (nSPS) is 11.6. The van der Waals surface area contributed by atoms with E-state index in [9.17, 15) is 0 Å². The average molecular weight is 371 g/mol. The number of aromatic nitrogens is 4. The van der Waals surface area contributed by atoms with Crippen molar-refractivity contribution < 1.29 is 4.52 Å². The number of hydrogen-bond acceptors (Lipinski definition) is 7. The molecule has 0 aromatic carbocycles. The Labute approximate surface area is 155 Å². The molecule has 136 valence electrons. The molecule has 0 aliphatic rings. The smallest absolute Gasteiger partial charge is 0.276 e. The molecule has 3 rings (SSSR count). The number of pyridine rings is 1. The Morgan fingerprint density at radius 1 is 1.23 bits per heavy atom. The molecule has 0 bridgehead atoms. The van der Waals surface area contributed by atoms with Crippen molar-refractivity contribution in [2.24, 2.45) is 4.99 Å². The van der Waals surface area contributed by atoms with E-state index in [2.05, 4.69) is 42.7 Å². The second-order valence-corrected chi connectivity index (χ2v) is 6.87. The second kappa shape index (κ2) is 8.52. The first-order valence-corrected chi connectivity index (χ1v) is 9.08. The zero-order chi connectivity index (χ0) is 18.4. The van der Waals surface area contributed by atoms with Crippen LogP contribution in [0.2, 0.25) is 0 Å². The molecule has 0 atom stereocenters. The zero-order valence-electron chi connectivity index (χ0n) is 15.0. The fraction of sp³-hybridized carbons (Fsp3) is 0.353. The van der Waals surface area contributed by atoms with Gasteiger partial charge in [0.25, 0.3) is 5.89 Å². The summed E-state index contributed by atoms with van der Waals surface area (Å²) in [5.74, 6) is 1.77. The van der Waals surface area contributed by atoms with Crippen LogP contribution in [0.25, 0.3) is 11.6 Å². The van der Waals surface area contributed by atoms with Crippen LogP contribution in [-0.4, -0.2) is 39.7 Å². The summed E-state index contributed by atoms with van der Waals surface area (Å²) in [5.41, 5.74) is 1.75. The van der Waals surface area contributed by atoms with Gasteiger partial charge in [0.15, 0.2) is 11.8 Å². The number of nitrogens with one attached hydrogen (secondary N) is 2. The quantitative estimate of drug-likeness (QED) is 0.505. The highest BCUT2D eigenvalue weighted by atomic mass is 32.1. The van der Waals surface area contributed by atoms with E-state index in [1.54, 1.807) is 24.6 Å². The molecule has 9 heteroatoms. The van der Waals surface area contributed by atoms with Crippen LogP contribution in [0.5, 0.6) is 0 Å². The molecule has 0 saturated carbocycles. The van der Waals surface area contributed by atoms with Crippen LogP contribution < -0.4 is 10.6 Å². The summed E-state index contributed by atoms with van der Waals surface area (Å²) >= 11 is 1.69. The third-order valence-corrected chi connectivity index (χ3v) is 4.77. The van der Waals surface area contributed by atoms with Crippen molar-refractivity contribution in [3.63, 3.8) is 0 Å². The van der Waals surface area contributed by atoms with Gasteiger partial charge in [-0.1, -0.05) is 11.2 Å². The molecule has 8 nitrogen and oxygen atoms in total. The zero-order valence-corrected chi connectivity index (χ0v) is 15.8. The summed E-state index contributed by atoms with van der Waals surface area (Å²) in [6.45, 7) is 5.38. The summed E-state index contributed by atoms with van der Waals surface area (Å²) in [7, 11) is 1.74. The summed E-state index contributed by atoms with van der Waals surface area (Å²) in [6, 6.07) is 5.57. The molecule has 3 heterocycles. The Morgan fingerprint density at radius 2 is 2.12 bits per heavy atom. The lowest BCUT2D eigenvalue weighted by Crippen LogP contribution is -2.37. The predicted octanol–water partition coefficient (Wildman–Crippen LogP) is 2.11. The van der Waals surface area contributed by atoms with Gasteiger partial charge in [-0.2, -0.15) is 4.98 Å². The highest BCUT2D eigenvalue weighted by molar-refractivity contribution is 7.11. The minimum atomic E-state index is 0.428. The van der Waals surface area contributed by atoms with Crippen molar-refractivity contribution in [1.82, 2.24) is 30.7 Å². The van der Waals surface area contributed by atoms with Crippen LogP contribution >= 0.6 is 11.3 Å². The van der Waals surface area contributed by atoms with E-state index in [0.29, 0.717) is 42.9 Å². The maximum Gasteiger partial charge on any atom is 0.276 e. The summed E-state index contributed by atoms with van der Waals surface area (Å²) in [5, 5.41) is 11.5. The Kier molecular flexibility index (Phi) is 5.90. The van der Waals surface area contributed by atoms with Gasteiger partial charge < -0.3 is 15.2 Å². The van der Waals surface area contributed by atoms with E-state index in [-0.39, 0.29) is 0 Å². The maximum atomic E-state index is 5.25. The van der Waals surface area contributed by atoms with Crippen molar-refractivity contribution >= 4 is 17.3 Å². The molecule has 2 N–H and O–H groups in total. The van der Waals surface area contributed by atoms with Crippen LogP contribution in [-0.2, 0) is 13.0 Å². The van der Waals surface area contributed by atoms with E-state index in [4.69, 9.17) is 4.52 Å². The van der Waals surface area contributed by atoms with Gasteiger partial charge in [-0.25, -0.2) is 4.98 Å². The molecule has 3 aromatic heterocycles. The fourth-order valence-electron chi connectivity index (χ4n) is 2.24. The Morgan fingerprint density at radius 3 is 2.81 bits per heavy atom. The minimum Gasteiger partial charge on any atom is -0.356 e. The molecule has 0 amide bonds. The molecule has 0 fully saturated rings. The highest BCUT2D eigenvalue weighted by Gasteiger charge is 2.10. The van der Waals surface area contributed by atoms with Crippen LogP contribution in [0, 0.1) is 13.8 Å². The third kappa shape index (κ3) is 4.63. The Hall–Kier alpha value is -2.81. The number of thiazole rings is 1. The van der Waals surface area contributed by atoms with Crippen LogP contribution in [0.3, 0.4) is 0 Å². The van der Waals surface area contributed by atoms with E-state index in [1.165, 1.54) is 4.88 Å². The molecule has 0 radical (unpaired) electrons. The number of nitrogens with zero attached hydrogens (tertiary/aromatic N) is 5. The number of guanidine groups is 1. The van der Waals surface area contributed by atoms with Crippen molar-refractivity contribution in [2.45, 2.75) is 26.8 Å². The summed E-state index contributed by atoms with van der Waals surface area (Å²) < 4.78 is 5.25. The molecular weight excluding hydrogens is 350 g/mol. The average Bonchev–Trinajstić information content (AvgIpc) is 3.25. The topological polar surface area (TPSA) is 101 Å². The van der Waals surface area contributed by atoms with Crippen LogP contribution in [0.1, 0.15) is 21.4 Å². The van der Waals surface area contributed by atoms with Crippen molar-refractivity contribution in [2.75, 3.05) is 13.6 Å². The molecule has 0 aliphatic carbocycles. The van der Waals surface area contributed by atoms with Crippen molar-refractivity contribution in [3.05, 3.63) is 45.8 Å². The van der Waals surface area contributed by atoms with Crippen LogP contribution in [0.4, 0.5) is 0 Å². The number of hydrogen-bond donors (Lipinski definition) is 2. The van der Waals surface area contributed by atoms with Crippen LogP contribution in [0.15, 0.2) is 33.9 Å². The SMILES string of the molecule is CN=C(NCCc1noc(-c2ccccn2)n1)NCc1nc(C)c(C)s1. The van der Waals surface area contributed by atoms with Gasteiger partial charge in [0, 0.05) is 31.1 Å². The lowest BCUT2D eigenvalue weighted by atomic mass is 10.3. The first-order valence-electron chi connectivity index (χ1n) is 8.27. The van der Waals surface area contributed by atoms with E-state index >= 15 is 0 Å². The monoisotopic (exact) mass is 371 g/mol. The molecule has 0 unspecified atom stereocenters. The lowest BCUT2D eigenvalue weighted by molar-refractivity contribution is 0.421. The Balaban J connectivity index is 1.46. The molecule has 26 heavy (non-hydrogen) atoms. The lowest BCUT2D eigenvalue weighted by Gasteiger charge is -2.09. The van der Waals surface area contributed by atoms with Crippen molar-refractivity contribution in [3.8, 4) is 11.6 Å². The van der Waals surface area contributed by atoms with E-state index in [0.717, 1.165) is 10.7 Å². The first kappa shape index (κ1) is 18.0. The van der Waals surface area contributed by atoms with Gasteiger partial charge >= 0.3 is 0 Å². The van der Waals surface area contributed by atoms with Gasteiger partial charge in [0.1, 0.15) is 10.7 Å². The first-order chi connectivity index (χ1) is 12.7. The largest absolute Gasteiger partial charge is 0.356 e. The van der Waals surface area contributed by atoms with Gasteiger partial charge in [0.05, 0.1) is 12.2 Å². The van der Waals surface area contributed by atoms with Crippen molar-refractivity contribution in [1.29, 1.82) is 0 Å². The summed E-state index contributed by atoms with van der Waals surface area (Å²) in [6.07, 6.45) is 2.31. The predicted molar refractivity (Wildman–Crippen MR) is 101 cm³/mol. The van der Waals surface area contributed by atoms with Gasteiger partial charge in [-0.05, 0) is 26.0 Å². The van der Waals surface area contributed by atoms with Gasteiger partial charge in [0.2, 0.25) is 0 Å². The molecule has 3 aromatic rings. The molecular formula is C17H21N7OS. The number of rotatable bonds is 6. The highest BCUT2D eigenvalue weighted by Crippen LogP contribution is 2.16. The second-order valence-electron chi connectivity index (χ2n) is 5.58. The molecule has 0 spiro atoms.